The average Bonchev–Trinajstić information content (AvgIpc) is 3.34. The molecule has 1 aromatic heterocycles. The number of carbonyl (C=O) groups excluding carboxylic acids is 1. The van der Waals surface area contributed by atoms with E-state index in [1.54, 1.807) is 12.1 Å². The molecule has 2 heterocycles. The van der Waals surface area contributed by atoms with Crippen LogP contribution in [-0.4, -0.2) is 36.8 Å². The van der Waals surface area contributed by atoms with Crippen molar-refractivity contribution in [2.24, 2.45) is 0 Å². The number of carbonyl (C=O) groups is 1. The van der Waals surface area contributed by atoms with Gasteiger partial charge in [0.2, 0.25) is 10.0 Å². The quantitative estimate of drug-likeness (QED) is 0.641. The van der Waals surface area contributed by atoms with Crippen LogP contribution in [0.4, 0.5) is 16.2 Å². The average molecular weight is 384 g/mol. The van der Waals surface area contributed by atoms with Gasteiger partial charge in [-0.05, 0) is 61.4 Å². The van der Waals surface area contributed by atoms with E-state index in [2.05, 4.69) is 15.6 Å². The van der Waals surface area contributed by atoms with Crippen molar-refractivity contribution in [2.75, 3.05) is 23.7 Å². The molecule has 0 bridgehead atoms. The largest absolute Gasteiger partial charge is 0.361 e. The standard InChI is InChI=1S/C19H20N4O3S/c24-19(22-16-5-8-18-14(13-16)9-10-20-18)21-15-3-6-17(7-4-15)27(25,26)23-11-1-2-12-23/h3-10,13,20H,1-2,11-12H2,(H2,21,22,24). The zero-order chi connectivity index (χ0) is 18.9. The fourth-order valence-electron chi connectivity index (χ4n) is 3.21. The predicted octanol–water partition coefficient (Wildman–Crippen LogP) is 3.60. The number of fused-ring (bicyclic) bond motifs is 1. The molecule has 3 aromatic rings. The maximum absolute atomic E-state index is 12.5. The number of amides is 2. The number of anilines is 2. The first-order valence-electron chi connectivity index (χ1n) is 8.78. The Kier molecular flexibility index (Phi) is 4.59. The van der Waals surface area contributed by atoms with Crippen molar-refractivity contribution < 1.29 is 13.2 Å². The molecule has 1 aliphatic rings. The fourth-order valence-corrected chi connectivity index (χ4v) is 4.73. The number of aromatic nitrogens is 1. The normalized spacial score (nSPS) is 15.1. The first kappa shape index (κ1) is 17.6. The van der Waals surface area contributed by atoms with Crippen LogP contribution < -0.4 is 10.6 Å². The lowest BCUT2D eigenvalue weighted by Gasteiger charge is -2.15. The van der Waals surface area contributed by atoms with E-state index in [9.17, 15) is 13.2 Å². The minimum atomic E-state index is -3.45. The zero-order valence-electron chi connectivity index (χ0n) is 14.6. The van der Waals surface area contributed by atoms with E-state index in [0.717, 1.165) is 23.7 Å². The first-order chi connectivity index (χ1) is 13.0. The molecule has 0 aliphatic carbocycles. The lowest BCUT2D eigenvalue weighted by Crippen LogP contribution is -2.27. The van der Waals surface area contributed by atoms with Crippen LogP contribution in [-0.2, 0) is 10.0 Å². The van der Waals surface area contributed by atoms with Crippen LogP contribution in [0.5, 0.6) is 0 Å². The molecule has 8 heteroatoms. The second-order valence-corrected chi connectivity index (χ2v) is 8.43. The highest BCUT2D eigenvalue weighted by molar-refractivity contribution is 7.89. The number of nitrogens with one attached hydrogen (secondary N) is 3. The van der Waals surface area contributed by atoms with Crippen LogP contribution in [0.2, 0.25) is 0 Å². The third-order valence-electron chi connectivity index (χ3n) is 4.63. The molecule has 0 atom stereocenters. The summed E-state index contributed by atoms with van der Waals surface area (Å²) in [6, 6.07) is 13.3. The summed E-state index contributed by atoms with van der Waals surface area (Å²) in [4.78, 5) is 15.5. The number of urea groups is 1. The monoisotopic (exact) mass is 384 g/mol. The summed E-state index contributed by atoms with van der Waals surface area (Å²) >= 11 is 0. The Hall–Kier alpha value is -2.84. The Morgan fingerprint density at radius 2 is 1.59 bits per heavy atom. The lowest BCUT2D eigenvalue weighted by atomic mass is 10.2. The van der Waals surface area contributed by atoms with Gasteiger partial charge in [0.25, 0.3) is 0 Å². The molecule has 1 fully saturated rings. The van der Waals surface area contributed by atoms with E-state index < -0.39 is 10.0 Å². The number of H-pyrrole nitrogens is 1. The molecule has 3 N–H and O–H groups in total. The van der Waals surface area contributed by atoms with E-state index in [0.29, 0.717) is 24.5 Å². The number of hydrogen-bond acceptors (Lipinski definition) is 3. The summed E-state index contributed by atoms with van der Waals surface area (Å²) in [5, 5.41) is 6.49. The van der Waals surface area contributed by atoms with Gasteiger partial charge in [0.1, 0.15) is 0 Å². The SMILES string of the molecule is O=C(Nc1ccc(S(=O)(=O)N2CCCC2)cc1)Nc1ccc2[nH]ccc2c1. The lowest BCUT2D eigenvalue weighted by molar-refractivity contribution is 0.262. The number of rotatable bonds is 4. The third kappa shape index (κ3) is 3.67. The van der Waals surface area contributed by atoms with Gasteiger partial charge < -0.3 is 15.6 Å². The highest BCUT2D eigenvalue weighted by Crippen LogP contribution is 2.22. The molecule has 27 heavy (non-hydrogen) atoms. The minimum absolute atomic E-state index is 0.244. The summed E-state index contributed by atoms with van der Waals surface area (Å²) in [7, 11) is -3.45. The Balaban J connectivity index is 1.42. The number of nitrogens with zero attached hydrogens (tertiary/aromatic N) is 1. The van der Waals surface area contributed by atoms with Gasteiger partial charge in [-0.1, -0.05) is 0 Å². The summed E-state index contributed by atoms with van der Waals surface area (Å²) in [5.41, 5.74) is 2.19. The topological polar surface area (TPSA) is 94.3 Å². The number of sulfonamides is 1. The molecule has 140 valence electrons. The van der Waals surface area contributed by atoms with Gasteiger partial charge >= 0.3 is 6.03 Å². The van der Waals surface area contributed by atoms with Crippen LogP contribution in [0, 0.1) is 0 Å². The van der Waals surface area contributed by atoms with Crippen LogP contribution in [0.1, 0.15) is 12.8 Å². The predicted molar refractivity (Wildman–Crippen MR) is 105 cm³/mol. The summed E-state index contributed by atoms with van der Waals surface area (Å²) in [5.74, 6) is 0. The Morgan fingerprint density at radius 1 is 0.926 bits per heavy atom. The van der Waals surface area contributed by atoms with E-state index >= 15 is 0 Å². The molecule has 1 aliphatic heterocycles. The molecule has 0 spiro atoms. The van der Waals surface area contributed by atoms with Gasteiger partial charge in [-0.3, -0.25) is 0 Å². The van der Waals surface area contributed by atoms with E-state index in [4.69, 9.17) is 0 Å². The second kappa shape index (κ2) is 7.05. The second-order valence-electron chi connectivity index (χ2n) is 6.49. The molecule has 7 nitrogen and oxygen atoms in total. The molecule has 0 unspecified atom stereocenters. The van der Waals surface area contributed by atoms with Crippen molar-refractivity contribution in [1.82, 2.24) is 9.29 Å². The van der Waals surface area contributed by atoms with Crippen molar-refractivity contribution in [1.29, 1.82) is 0 Å². The molecular weight excluding hydrogens is 364 g/mol. The molecule has 2 amide bonds. The number of benzene rings is 2. The highest BCUT2D eigenvalue weighted by atomic mass is 32.2. The van der Waals surface area contributed by atoms with Crippen molar-refractivity contribution in [3.8, 4) is 0 Å². The van der Waals surface area contributed by atoms with Gasteiger partial charge in [-0.2, -0.15) is 4.31 Å². The number of hydrogen-bond donors (Lipinski definition) is 3. The van der Waals surface area contributed by atoms with Crippen LogP contribution in [0.3, 0.4) is 0 Å². The van der Waals surface area contributed by atoms with Crippen molar-refractivity contribution in [3.05, 3.63) is 54.7 Å². The Bertz CT molecular complexity index is 1070. The zero-order valence-corrected chi connectivity index (χ0v) is 15.4. The van der Waals surface area contributed by atoms with E-state index in [-0.39, 0.29) is 10.9 Å². The van der Waals surface area contributed by atoms with Gasteiger partial charge in [0, 0.05) is 41.6 Å². The van der Waals surface area contributed by atoms with Crippen LogP contribution in [0.15, 0.2) is 59.6 Å². The third-order valence-corrected chi connectivity index (χ3v) is 6.54. The van der Waals surface area contributed by atoms with Gasteiger partial charge in [0.15, 0.2) is 0 Å². The van der Waals surface area contributed by atoms with Crippen molar-refractivity contribution in [2.45, 2.75) is 17.7 Å². The summed E-state index contributed by atoms with van der Waals surface area (Å²) < 4.78 is 26.5. The van der Waals surface area contributed by atoms with E-state index in [1.807, 2.05) is 30.5 Å². The minimum Gasteiger partial charge on any atom is -0.361 e. The molecular formula is C19H20N4O3S. The van der Waals surface area contributed by atoms with Gasteiger partial charge in [-0.15, -0.1) is 0 Å². The Labute approximate surface area is 157 Å². The molecule has 0 saturated carbocycles. The van der Waals surface area contributed by atoms with Crippen molar-refractivity contribution >= 4 is 38.3 Å². The molecule has 2 aromatic carbocycles. The highest BCUT2D eigenvalue weighted by Gasteiger charge is 2.26. The molecule has 0 radical (unpaired) electrons. The van der Waals surface area contributed by atoms with Gasteiger partial charge in [-0.25, -0.2) is 13.2 Å². The maximum Gasteiger partial charge on any atom is 0.323 e. The fraction of sp³-hybridized carbons (Fsp3) is 0.211. The van der Waals surface area contributed by atoms with Crippen molar-refractivity contribution in [3.63, 3.8) is 0 Å². The first-order valence-corrected chi connectivity index (χ1v) is 10.2. The summed E-state index contributed by atoms with van der Waals surface area (Å²) in [6.07, 6.45) is 3.63. The summed E-state index contributed by atoms with van der Waals surface area (Å²) in [6.45, 7) is 1.13. The molecule has 1 saturated heterocycles. The van der Waals surface area contributed by atoms with Gasteiger partial charge in [0.05, 0.1) is 4.90 Å². The smallest absolute Gasteiger partial charge is 0.323 e. The number of aromatic amines is 1. The Morgan fingerprint density at radius 3 is 2.33 bits per heavy atom. The maximum atomic E-state index is 12.5. The van der Waals surface area contributed by atoms with E-state index in [1.165, 1.54) is 16.4 Å². The van der Waals surface area contributed by atoms with Crippen LogP contribution in [0.25, 0.3) is 10.9 Å². The van der Waals surface area contributed by atoms with Crippen LogP contribution >= 0.6 is 0 Å². The molecule has 4 rings (SSSR count).